The lowest BCUT2D eigenvalue weighted by Gasteiger charge is -2.39. The Balaban J connectivity index is 0.00000324. The minimum absolute atomic E-state index is 0. The van der Waals surface area contributed by atoms with E-state index in [1.807, 2.05) is 13.8 Å². The molecule has 2 aromatic rings. The van der Waals surface area contributed by atoms with Gasteiger partial charge in [0.25, 0.3) is 5.91 Å². The molecule has 0 aliphatic carbocycles. The summed E-state index contributed by atoms with van der Waals surface area (Å²) in [6.45, 7) is 4.89. The number of pyridine rings is 1. The molecule has 1 saturated heterocycles. The van der Waals surface area contributed by atoms with Gasteiger partial charge in [0, 0.05) is 62.3 Å². The van der Waals surface area contributed by atoms with E-state index < -0.39 is 23.5 Å². The number of hydrogen-bond donors (Lipinski definition) is 2. The van der Waals surface area contributed by atoms with Gasteiger partial charge in [0.15, 0.2) is 5.82 Å². The molecule has 0 saturated carbocycles. The third-order valence-corrected chi connectivity index (χ3v) is 5.86. The molecule has 1 amide bonds. The first kappa shape index (κ1) is 31.8. The van der Waals surface area contributed by atoms with Crippen molar-refractivity contribution in [2.45, 2.75) is 57.7 Å². The van der Waals surface area contributed by atoms with Gasteiger partial charge in [-0.05, 0) is 32.8 Å². The van der Waals surface area contributed by atoms with E-state index in [9.17, 15) is 18.4 Å². The molecule has 8 nitrogen and oxygen atoms in total. The topological polar surface area (TPSA) is 101 Å². The number of methoxy groups -OCH3 is 1. The Hall–Kier alpha value is -2.27. The van der Waals surface area contributed by atoms with Crippen LogP contribution >= 0.6 is 24.8 Å². The van der Waals surface area contributed by atoms with Crippen LogP contribution in [0.4, 0.5) is 8.78 Å². The molecule has 1 aromatic carbocycles. The van der Waals surface area contributed by atoms with E-state index in [0.717, 1.165) is 12.1 Å². The van der Waals surface area contributed by atoms with E-state index >= 15 is 0 Å². The predicted octanol–water partition coefficient (Wildman–Crippen LogP) is 4.22. The first-order chi connectivity index (χ1) is 16.2. The number of halogens is 4. The average molecular weight is 552 g/mol. The maximum atomic E-state index is 14.6. The van der Waals surface area contributed by atoms with Gasteiger partial charge in [0.05, 0.1) is 13.0 Å². The molecular weight excluding hydrogens is 519 g/mol. The van der Waals surface area contributed by atoms with Gasteiger partial charge in [-0.1, -0.05) is 0 Å². The molecule has 12 heteroatoms. The summed E-state index contributed by atoms with van der Waals surface area (Å²) >= 11 is 0. The van der Waals surface area contributed by atoms with Crippen LogP contribution in [0.1, 0.15) is 50.0 Å². The summed E-state index contributed by atoms with van der Waals surface area (Å²) in [6, 6.07) is 2.78. The van der Waals surface area contributed by atoms with Gasteiger partial charge in [0.2, 0.25) is 0 Å². The predicted molar refractivity (Wildman–Crippen MR) is 137 cm³/mol. The molecule has 2 heterocycles. The number of piperidine rings is 1. The van der Waals surface area contributed by atoms with E-state index in [1.165, 1.54) is 6.07 Å². The Morgan fingerprint density at radius 2 is 1.92 bits per heavy atom. The number of rotatable bonds is 10. The zero-order chi connectivity index (χ0) is 24.8. The Bertz CT molecular complexity index is 1040. The van der Waals surface area contributed by atoms with Crippen LogP contribution in [0.5, 0.6) is 5.75 Å². The van der Waals surface area contributed by atoms with Gasteiger partial charge in [-0.25, -0.2) is 13.8 Å². The Morgan fingerprint density at radius 3 is 2.50 bits per heavy atom. The lowest BCUT2D eigenvalue weighted by Crippen LogP contribution is -2.54. The molecular formula is C24H33Cl2F2N3O5. The van der Waals surface area contributed by atoms with Crippen LogP contribution in [0.15, 0.2) is 18.2 Å². The van der Waals surface area contributed by atoms with E-state index in [0.29, 0.717) is 32.4 Å². The maximum Gasteiger partial charge on any atom is 0.304 e. The average Bonchev–Trinajstić information content (AvgIpc) is 2.77. The molecule has 0 unspecified atom stereocenters. The summed E-state index contributed by atoms with van der Waals surface area (Å²) in [7, 11) is 1.56. The van der Waals surface area contributed by atoms with Crippen molar-refractivity contribution in [2.24, 2.45) is 0 Å². The van der Waals surface area contributed by atoms with Crippen molar-refractivity contribution in [1.82, 2.24) is 15.2 Å². The number of nitrogens with one attached hydrogen (secondary N) is 1. The van der Waals surface area contributed by atoms with Crippen molar-refractivity contribution in [3.05, 3.63) is 35.5 Å². The second-order valence-corrected chi connectivity index (χ2v) is 8.72. The smallest absolute Gasteiger partial charge is 0.304 e. The quantitative estimate of drug-likeness (QED) is 0.426. The third kappa shape index (κ3) is 7.86. The fourth-order valence-corrected chi connectivity index (χ4v) is 4.31. The summed E-state index contributed by atoms with van der Waals surface area (Å²) in [6.07, 6.45) is 1.82. The van der Waals surface area contributed by atoms with E-state index in [1.54, 1.807) is 12.0 Å². The van der Waals surface area contributed by atoms with Crippen LogP contribution < -0.4 is 10.1 Å². The Morgan fingerprint density at radius 1 is 1.19 bits per heavy atom. The minimum Gasteiger partial charge on any atom is -0.493 e. The fourth-order valence-electron chi connectivity index (χ4n) is 4.31. The number of ether oxygens (including phenoxy) is 2. The van der Waals surface area contributed by atoms with Crippen molar-refractivity contribution in [2.75, 3.05) is 26.9 Å². The van der Waals surface area contributed by atoms with Gasteiger partial charge in [-0.2, -0.15) is 0 Å². The van der Waals surface area contributed by atoms with Crippen molar-refractivity contribution in [1.29, 1.82) is 0 Å². The van der Waals surface area contributed by atoms with Gasteiger partial charge in [-0.15, -0.1) is 24.8 Å². The highest BCUT2D eigenvalue weighted by molar-refractivity contribution is 5.97. The standard InChI is InChI=1S/C24H31F2N3O5.2ClH/c1-14(2)29(17-6-5-16(27-13-17)11-22(30)31)24(32)20-12-21(34-8-4-7-33-3)18-9-15(25)10-19(26)23(18)28-20;;/h9-10,12,14,16-17,27H,4-8,11,13H2,1-3H3,(H,30,31);2*1H/t16-,17+;;/m0../s1. The molecule has 202 valence electrons. The molecule has 0 radical (unpaired) electrons. The Kier molecular flexibility index (Phi) is 12.8. The molecule has 0 spiro atoms. The van der Waals surface area contributed by atoms with Gasteiger partial charge in [0.1, 0.15) is 22.8 Å². The van der Waals surface area contributed by atoms with Crippen LogP contribution in [0, 0.1) is 11.6 Å². The number of benzene rings is 1. The Labute approximate surface area is 221 Å². The molecule has 0 bridgehead atoms. The van der Waals surface area contributed by atoms with Crippen LogP contribution in [0.2, 0.25) is 0 Å². The lowest BCUT2D eigenvalue weighted by atomic mass is 9.96. The molecule has 3 rings (SSSR count). The van der Waals surface area contributed by atoms with Gasteiger partial charge >= 0.3 is 5.97 Å². The first-order valence-electron chi connectivity index (χ1n) is 11.4. The number of aromatic nitrogens is 1. The van der Waals surface area contributed by atoms with Crippen LogP contribution in [-0.2, 0) is 9.53 Å². The number of carboxylic acid groups (broad SMARTS) is 1. The van der Waals surface area contributed by atoms with Crippen molar-refractivity contribution in [3.8, 4) is 5.75 Å². The number of aliphatic carboxylic acids is 1. The molecule has 2 atom stereocenters. The molecule has 2 N–H and O–H groups in total. The summed E-state index contributed by atoms with van der Waals surface area (Å²) in [5, 5.41) is 12.4. The number of amides is 1. The highest BCUT2D eigenvalue weighted by Crippen LogP contribution is 2.30. The maximum absolute atomic E-state index is 14.6. The van der Waals surface area contributed by atoms with Crippen molar-refractivity contribution in [3.63, 3.8) is 0 Å². The number of carbonyl (C=O) groups excluding carboxylic acids is 1. The highest BCUT2D eigenvalue weighted by atomic mass is 35.5. The van der Waals surface area contributed by atoms with Gasteiger partial charge in [-0.3, -0.25) is 9.59 Å². The zero-order valence-corrected chi connectivity index (χ0v) is 22.1. The van der Waals surface area contributed by atoms with Crippen molar-refractivity contribution < 1.29 is 33.0 Å². The van der Waals surface area contributed by atoms with Gasteiger partial charge < -0.3 is 24.8 Å². The number of carboxylic acids is 1. The van der Waals surface area contributed by atoms with E-state index in [4.69, 9.17) is 14.6 Å². The highest BCUT2D eigenvalue weighted by Gasteiger charge is 2.32. The lowest BCUT2D eigenvalue weighted by molar-refractivity contribution is -0.137. The van der Waals surface area contributed by atoms with Crippen LogP contribution in [0.25, 0.3) is 10.9 Å². The molecule has 1 aliphatic rings. The monoisotopic (exact) mass is 551 g/mol. The normalized spacial score (nSPS) is 17.3. The summed E-state index contributed by atoms with van der Waals surface area (Å²) in [4.78, 5) is 30.5. The number of carbonyl (C=O) groups is 2. The third-order valence-electron chi connectivity index (χ3n) is 5.86. The molecule has 1 aromatic heterocycles. The SMILES string of the molecule is COCCCOc1cc(C(=O)N(C(C)C)[C@@H]2CC[C@@H](CC(=O)O)NC2)nc2c(F)cc(F)cc12.Cl.Cl. The fraction of sp³-hybridized carbons (Fsp3) is 0.542. The zero-order valence-electron chi connectivity index (χ0n) is 20.5. The second-order valence-electron chi connectivity index (χ2n) is 8.72. The number of hydrogen-bond acceptors (Lipinski definition) is 6. The van der Waals surface area contributed by atoms with E-state index in [-0.39, 0.29) is 78.3 Å². The number of fused-ring (bicyclic) bond motifs is 1. The molecule has 36 heavy (non-hydrogen) atoms. The minimum atomic E-state index is -0.877. The molecule has 1 aliphatic heterocycles. The van der Waals surface area contributed by atoms with Crippen molar-refractivity contribution >= 4 is 47.6 Å². The van der Waals surface area contributed by atoms with Crippen LogP contribution in [0.3, 0.4) is 0 Å². The second kappa shape index (κ2) is 14.5. The number of nitrogens with zero attached hydrogens (tertiary/aromatic N) is 2. The largest absolute Gasteiger partial charge is 0.493 e. The molecule has 1 fully saturated rings. The summed E-state index contributed by atoms with van der Waals surface area (Å²) in [5.41, 5.74) is -0.137. The first-order valence-corrected chi connectivity index (χ1v) is 11.4. The summed E-state index contributed by atoms with van der Waals surface area (Å²) < 4.78 is 39.3. The summed E-state index contributed by atoms with van der Waals surface area (Å²) in [5.74, 6) is -2.73. The van der Waals surface area contributed by atoms with Crippen LogP contribution in [-0.4, -0.2) is 71.9 Å². The van der Waals surface area contributed by atoms with E-state index in [2.05, 4.69) is 10.3 Å².